The van der Waals surface area contributed by atoms with Crippen LogP contribution in [0.2, 0.25) is 0 Å². The van der Waals surface area contributed by atoms with Gasteiger partial charge in [0.25, 0.3) is 5.91 Å². The van der Waals surface area contributed by atoms with E-state index in [0.717, 1.165) is 21.6 Å². The first-order valence-corrected chi connectivity index (χ1v) is 8.07. The van der Waals surface area contributed by atoms with Crippen molar-refractivity contribution in [2.24, 2.45) is 0 Å². The molecule has 2 aromatic heterocycles. The number of aromatic amines is 1. The third-order valence-electron chi connectivity index (χ3n) is 3.48. The topological polar surface area (TPSA) is 61.9 Å². The van der Waals surface area contributed by atoms with E-state index in [1.807, 2.05) is 29.6 Å². The molecule has 5 nitrogen and oxygen atoms in total. The molecule has 2 heterocycles. The highest BCUT2D eigenvalue weighted by Gasteiger charge is 2.19. The third kappa shape index (κ3) is 2.74. The molecule has 0 saturated heterocycles. The van der Waals surface area contributed by atoms with Crippen LogP contribution in [0, 0.1) is 0 Å². The average molecular weight is 314 g/mol. The molecule has 22 heavy (non-hydrogen) atoms. The average Bonchev–Trinajstić information content (AvgIpc) is 3.13. The van der Waals surface area contributed by atoms with Crippen LogP contribution in [-0.4, -0.2) is 33.0 Å². The highest BCUT2D eigenvalue weighted by Crippen LogP contribution is 2.21. The van der Waals surface area contributed by atoms with E-state index in [1.54, 1.807) is 23.3 Å². The molecule has 1 amide bonds. The summed E-state index contributed by atoms with van der Waals surface area (Å²) in [5.74, 6) is 0.312. The number of para-hydroxylation sites is 1. The van der Waals surface area contributed by atoms with Gasteiger partial charge in [0.2, 0.25) is 0 Å². The number of benzene rings is 1. The van der Waals surface area contributed by atoms with E-state index in [1.165, 1.54) is 0 Å². The molecule has 6 heteroatoms. The molecule has 0 bridgehead atoms. The van der Waals surface area contributed by atoms with Crippen LogP contribution in [0.3, 0.4) is 0 Å². The predicted molar refractivity (Wildman–Crippen MR) is 88.1 cm³/mol. The van der Waals surface area contributed by atoms with Crippen molar-refractivity contribution in [3.8, 4) is 0 Å². The van der Waals surface area contributed by atoms with Crippen LogP contribution in [0.1, 0.15) is 41.0 Å². The fourth-order valence-electron chi connectivity index (χ4n) is 2.28. The van der Waals surface area contributed by atoms with Gasteiger partial charge >= 0.3 is 0 Å². The molecule has 0 saturated carbocycles. The number of nitrogens with one attached hydrogen (secondary N) is 1. The van der Waals surface area contributed by atoms with E-state index < -0.39 is 0 Å². The minimum Gasteiger partial charge on any atom is -0.334 e. The molecule has 1 aromatic carbocycles. The molecule has 114 valence electrons. The fourth-order valence-corrected chi connectivity index (χ4v) is 3.11. The Morgan fingerprint density at radius 2 is 2.14 bits per heavy atom. The molecule has 1 N–H and O–H groups in total. The standard InChI is InChI=1S/C16H18N4OS/c1-10(2)15-17-11(9-22-15)8-20(3)16(21)14-12-6-4-5-7-13(12)18-19-14/h4-7,9-10H,8H2,1-3H3,(H,18,19). The van der Waals surface area contributed by atoms with Crippen LogP contribution < -0.4 is 0 Å². The molecule has 0 aliphatic rings. The first-order chi connectivity index (χ1) is 10.6. The maximum atomic E-state index is 12.6. The Labute approximate surface area is 133 Å². The summed E-state index contributed by atoms with van der Waals surface area (Å²) in [6.07, 6.45) is 0. The SMILES string of the molecule is CC(C)c1nc(CN(C)C(=O)c2n[nH]c3ccccc23)cs1. The first kappa shape index (κ1) is 14.7. The Morgan fingerprint density at radius 1 is 1.36 bits per heavy atom. The maximum absolute atomic E-state index is 12.6. The molecule has 0 spiro atoms. The van der Waals surface area contributed by atoms with E-state index in [2.05, 4.69) is 29.0 Å². The Morgan fingerprint density at radius 3 is 2.86 bits per heavy atom. The summed E-state index contributed by atoms with van der Waals surface area (Å²) >= 11 is 1.64. The summed E-state index contributed by atoms with van der Waals surface area (Å²) in [5.41, 5.74) is 2.25. The number of nitrogens with zero attached hydrogens (tertiary/aromatic N) is 3. The van der Waals surface area contributed by atoms with Gasteiger partial charge < -0.3 is 4.90 Å². The van der Waals surface area contributed by atoms with Crippen LogP contribution in [-0.2, 0) is 6.54 Å². The Balaban J connectivity index is 1.79. The van der Waals surface area contributed by atoms with E-state index in [4.69, 9.17) is 0 Å². The number of hydrogen-bond donors (Lipinski definition) is 1. The predicted octanol–water partition coefficient (Wildman–Crippen LogP) is 3.42. The molecule has 0 fully saturated rings. The highest BCUT2D eigenvalue weighted by molar-refractivity contribution is 7.09. The van der Waals surface area contributed by atoms with Crippen LogP contribution >= 0.6 is 11.3 Å². The number of amides is 1. The molecule has 3 rings (SSSR count). The zero-order valence-corrected chi connectivity index (χ0v) is 13.6. The number of rotatable bonds is 4. The summed E-state index contributed by atoms with van der Waals surface area (Å²) in [4.78, 5) is 18.8. The number of aromatic nitrogens is 3. The third-order valence-corrected chi connectivity index (χ3v) is 4.68. The summed E-state index contributed by atoms with van der Waals surface area (Å²) in [6.45, 7) is 4.73. The molecule has 0 radical (unpaired) electrons. The first-order valence-electron chi connectivity index (χ1n) is 7.19. The number of thiazole rings is 1. The van der Waals surface area contributed by atoms with E-state index >= 15 is 0 Å². The van der Waals surface area contributed by atoms with Crippen molar-refractivity contribution in [3.05, 3.63) is 46.0 Å². The van der Waals surface area contributed by atoms with Gasteiger partial charge in [0.05, 0.1) is 22.8 Å². The van der Waals surface area contributed by atoms with E-state index in [0.29, 0.717) is 18.2 Å². The number of carbonyl (C=O) groups excluding carboxylic acids is 1. The molecule has 0 atom stereocenters. The van der Waals surface area contributed by atoms with Crippen molar-refractivity contribution < 1.29 is 4.79 Å². The van der Waals surface area contributed by atoms with Gasteiger partial charge in [-0.25, -0.2) is 4.98 Å². The summed E-state index contributed by atoms with van der Waals surface area (Å²) in [5, 5.41) is 11.0. The fraction of sp³-hybridized carbons (Fsp3) is 0.312. The molecular formula is C16H18N4OS. The monoisotopic (exact) mass is 314 g/mol. The summed E-state index contributed by atoms with van der Waals surface area (Å²) < 4.78 is 0. The summed E-state index contributed by atoms with van der Waals surface area (Å²) in [6, 6.07) is 7.64. The smallest absolute Gasteiger partial charge is 0.275 e. The Hall–Kier alpha value is -2.21. The normalized spacial score (nSPS) is 11.3. The zero-order chi connectivity index (χ0) is 15.7. The molecule has 0 unspecified atom stereocenters. The molecule has 0 aliphatic carbocycles. The summed E-state index contributed by atoms with van der Waals surface area (Å²) in [7, 11) is 1.78. The van der Waals surface area contributed by atoms with E-state index in [9.17, 15) is 4.79 Å². The second-order valence-electron chi connectivity index (χ2n) is 5.61. The van der Waals surface area contributed by atoms with Crippen LogP contribution in [0.4, 0.5) is 0 Å². The minimum atomic E-state index is -0.100. The van der Waals surface area contributed by atoms with Crippen molar-refractivity contribution in [2.75, 3.05) is 7.05 Å². The number of carbonyl (C=O) groups is 1. The lowest BCUT2D eigenvalue weighted by Gasteiger charge is -2.14. The van der Waals surface area contributed by atoms with Crippen LogP contribution in [0.5, 0.6) is 0 Å². The lowest BCUT2D eigenvalue weighted by atomic mass is 10.2. The highest BCUT2D eigenvalue weighted by atomic mass is 32.1. The number of H-pyrrole nitrogens is 1. The van der Waals surface area contributed by atoms with Gasteiger partial charge in [0.1, 0.15) is 0 Å². The maximum Gasteiger partial charge on any atom is 0.275 e. The van der Waals surface area contributed by atoms with Gasteiger partial charge in [-0.2, -0.15) is 5.10 Å². The van der Waals surface area contributed by atoms with Crippen molar-refractivity contribution in [1.82, 2.24) is 20.1 Å². The quantitative estimate of drug-likeness (QED) is 0.802. The van der Waals surface area contributed by atoms with Gasteiger partial charge in [-0.1, -0.05) is 32.0 Å². The van der Waals surface area contributed by atoms with Gasteiger partial charge in [-0.15, -0.1) is 11.3 Å². The lowest BCUT2D eigenvalue weighted by Crippen LogP contribution is -2.26. The molecule has 0 aliphatic heterocycles. The van der Waals surface area contributed by atoms with Crippen molar-refractivity contribution in [1.29, 1.82) is 0 Å². The second kappa shape index (κ2) is 5.88. The van der Waals surface area contributed by atoms with Crippen molar-refractivity contribution in [2.45, 2.75) is 26.3 Å². The number of fused-ring (bicyclic) bond motifs is 1. The second-order valence-corrected chi connectivity index (χ2v) is 6.50. The zero-order valence-electron chi connectivity index (χ0n) is 12.8. The van der Waals surface area contributed by atoms with Crippen LogP contribution in [0.25, 0.3) is 10.9 Å². The van der Waals surface area contributed by atoms with Gasteiger partial charge in [-0.05, 0) is 6.07 Å². The van der Waals surface area contributed by atoms with E-state index in [-0.39, 0.29) is 5.91 Å². The number of hydrogen-bond acceptors (Lipinski definition) is 4. The molecular weight excluding hydrogens is 296 g/mol. The van der Waals surface area contributed by atoms with Gasteiger partial charge in [0, 0.05) is 23.7 Å². The van der Waals surface area contributed by atoms with Crippen molar-refractivity contribution in [3.63, 3.8) is 0 Å². The minimum absolute atomic E-state index is 0.100. The van der Waals surface area contributed by atoms with Crippen molar-refractivity contribution >= 4 is 28.1 Å². The molecule has 3 aromatic rings. The van der Waals surface area contributed by atoms with Gasteiger partial charge in [0.15, 0.2) is 5.69 Å². The lowest BCUT2D eigenvalue weighted by molar-refractivity contribution is 0.0779. The van der Waals surface area contributed by atoms with Gasteiger partial charge in [-0.3, -0.25) is 9.89 Å². The van der Waals surface area contributed by atoms with Crippen LogP contribution in [0.15, 0.2) is 29.6 Å². The largest absolute Gasteiger partial charge is 0.334 e. The Bertz CT molecular complexity index is 805. The Kier molecular flexibility index (Phi) is 3.94.